The van der Waals surface area contributed by atoms with Gasteiger partial charge < -0.3 is 4.74 Å². The Morgan fingerprint density at radius 2 is 2.23 bits per heavy atom. The predicted molar refractivity (Wildman–Crippen MR) is 56.8 cm³/mol. The van der Waals surface area contributed by atoms with Crippen molar-refractivity contribution in [1.29, 1.82) is 0 Å². The van der Waals surface area contributed by atoms with Crippen LogP contribution in [0.3, 0.4) is 0 Å². The second-order valence-corrected chi connectivity index (χ2v) is 3.77. The number of hydrogen-bond donors (Lipinski definition) is 0. The molecule has 1 unspecified atom stereocenters. The molecule has 0 aromatic heterocycles. The summed E-state index contributed by atoms with van der Waals surface area (Å²) in [5.74, 6) is 1.77. The van der Waals surface area contributed by atoms with Crippen molar-refractivity contribution in [3.63, 3.8) is 0 Å². The zero-order chi connectivity index (χ0) is 9.68. The molecule has 0 bridgehead atoms. The first-order valence-electron chi connectivity index (χ1n) is 4.16. The minimum absolute atomic E-state index is 0.362. The van der Waals surface area contributed by atoms with E-state index >= 15 is 0 Å². The highest BCUT2D eigenvalue weighted by molar-refractivity contribution is 6.30. The first-order valence-corrected chi connectivity index (χ1v) is 5.08. The van der Waals surface area contributed by atoms with Gasteiger partial charge in [0.1, 0.15) is 5.75 Å². The molecule has 0 saturated heterocycles. The van der Waals surface area contributed by atoms with Gasteiger partial charge in [0.05, 0.1) is 6.61 Å². The highest BCUT2D eigenvalue weighted by atomic mass is 35.5. The average molecular weight is 219 g/mol. The number of halogens is 2. The van der Waals surface area contributed by atoms with Gasteiger partial charge in [-0.15, -0.1) is 11.6 Å². The molecular weight excluding hydrogens is 207 g/mol. The van der Waals surface area contributed by atoms with Gasteiger partial charge in [-0.3, -0.25) is 0 Å². The molecule has 0 spiro atoms. The quantitative estimate of drug-likeness (QED) is 0.703. The van der Waals surface area contributed by atoms with Crippen LogP contribution in [0.25, 0.3) is 0 Å². The summed E-state index contributed by atoms with van der Waals surface area (Å²) in [6.45, 7) is 2.67. The van der Waals surface area contributed by atoms with E-state index in [0.29, 0.717) is 23.4 Å². The van der Waals surface area contributed by atoms with Crippen LogP contribution in [0.2, 0.25) is 5.02 Å². The van der Waals surface area contributed by atoms with Gasteiger partial charge in [0.15, 0.2) is 0 Å². The number of rotatable bonds is 4. The third-order valence-corrected chi connectivity index (χ3v) is 2.36. The molecule has 1 aromatic rings. The van der Waals surface area contributed by atoms with E-state index in [4.69, 9.17) is 27.9 Å². The molecule has 0 aliphatic rings. The van der Waals surface area contributed by atoms with Crippen molar-refractivity contribution in [3.05, 3.63) is 29.3 Å². The average Bonchev–Trinajstić information content (AvgIpc) is 2.14. The summed E-state index contributed by atoms with van der Waals surface area (Å²) in [5.41, 5.74) is 0. The minimum Gasteiger partial charge on any atom is -0.493 e. The summed E-state index contributed by atoms with van der Waals surface area (Å²) >= 11 is 11.4. The van der Waals surface area contributed by atoms with Crippen LogP contribution in [-0.2, 0) is 0 Å². The van der Waals surface area contributed by atoms with E-state index in [1.165, 1.54) is 0 Å². The molecule has 0 radical (unpaired) electrons. The predicted octanol–water partition coefficient (Wildman–Crippen LogP) is 3.59. The molecule has 0 N–H and O–H groups in total. The molecule has 0 fully saturated rings. The highest BCUT2D eigenvalue weighted by Crippen LogP contribution is 2.17. The van der Waals surface area contributed by atoms with Crippen LogP contribution in [0, 0.1) is 5.92 Å². The number of benzene rings is 1. The van der Waals surface area contributed by atoms with Crippen LogP contribution >= 0.6 is 23.2 Å². The van der Waals surface area contributed by atoms with E-state index in [1.807, 2.05) is 25.1 Å². The van der Waals surface area contributed by atoms with Crippen LogP contribution in [0.5, 0.6) is 5.75 Å². The minimum atomic E-state index is 0.362. The van der Waals surface area contributed by atoms with Gasteiger partial charge in [0, 0.05) is 16.8 Å². The summed E-state index contributed by atoms with van der Waals surface area (Å²) < 4.78 is 5.47. The van der Waals surface area contributed by atoms with E-state index in [-0.39, 0.29) is 0 Å². The third kappa shape index (κ3) is 3.88. The van der Waals surface area contributed by atoms with Gasteiger partial charge in [-0.05, 0) is 18.2 Å². The van der Waals surface area contributed by atoms with Gasteiger partial charge in [-0.2, -0.15) is 0 Å². The smallest absolute Gasteiger partial charge is 0.120 e. The Balaban J connectivity index is 2.45. The van der Waals surface area contributed by atoms with Gasteiger partial charge >= 0.3 is 0 Å². The fourth-order valence-electron chi connectivity index (χ4n) is 0.840. The van der Waals surface area contributed by atoms with Crippen molar-refractivity contribution in [2.45, 2.75) is 6.92 Å². The zero-order valence-corrected chi connectivity index (χ0v) is 8.98. The standard InChI is InChI=1S/C10H12Cl2O/c1-8(6-11)7-13-10-4-2-3-9(12)5-10/h2-5,8H,6-7H2,1H3. The summed E-state index contributed by atoms with van der Waals surface area (Å²) in [5, 5.41) is 0.691. The lowest BCUT2D eigenvalue weighted by molar-refractivity contribution is 0.273. The maximum absolute atomic E-state index is 5.79. The Morgan fingerprint density at radius 3 is 2.85 bits per heavy atom. The fourth-order valence-corrected chi connectivity index (χ4v) is 1.11. The Hall–Kier alpha value is -0.400. The van der Waals surface area contributed by atoms with Crippen molar-refractivity contribution in [1.82, 2.24) is 0 Å². The molecule has 3 heteroatoms. The van der Waals surface area contributed by atoms with E-state index in [2.05, 4.69) is 0 Å². The van der Waals surface area contributed by atoms with Crippen LogP contribution in [-0.4, -0.2) is 12.5 Å². The van der Waals surface area contributed by atoms with Crippen LogP contribution < -0.4 is 4.74 Å². The molecule has 0 saturated carbocycles. The first-order chi connectivity index (χ1) is 6.22. The molecule has 1 atom stereocenters. The van der Waals surface area contributed by atoms with Gasteiger partial charge in [-0.1, -0.05) is 24.6 Å². The summed E-state index contributed by atoms with van der Waals surface area (Å²) in [6.07, 6.45) is 0. The lowest BCUT2D eigenvalue weighted by Crippen LogP contribution is -2.09. The fraction of sp³-hybridized carbons (Fsp3) is 0.400. The van der Waals surface area contributed by atoms with E-state index in [0.717, 1.165) is 5.75 Å². The molecule has 0 heterocycles. The number of ether oxygens (including phenoxy) is 1. The van der Waals surface area contributed by atoms with Crippen LogP contribution in [0.1, 0.15) is 6.92 Å². The van der Waals surface area contributed by atoms with E-state index in [9.17, 15) is 0 Å². The Labute approximate surface area is 88.6 Å². The van der Waals surface area contributed by atoms with E-state index < -0.39 is 0 Å². The number of hydrogen-bond acceptors (Lipinski definition) is 1. The van der Waals surface area contributed by atoms with Crippen molar-refractivity contribution < 1.29 is 4.74 Å². The molecule has 0 aliphatic carbocycles. The summed E-state index contributed by atoms with van der Waals surface area (Å²) in [6, 6.07) is 7.36. The molecule has 1 aromatic carbocycles. The highest BCUT2D eigenvalue weighted by Gasteiger charge is 2.01. The Kier molecular flexibility index (Phi) is 4.40. The molecule has 1 nitrogen and oxygen atoms in total. The second kappa shape index (κ2) is 5.36. The van der Waals surface area contributed by atoms with Gasteiger partial charge in [0.2, 0.25) is 0 Å². The molecule has 13 heavy (non-hydrogen) atoms. The first kappa shape index (κ1) is 10.7. The second-order valence-electron chi connectivity index (χ2n) is 3.03. The van der Waals surface area contributed by atoms with Crippen molar-refractivity contribution in [2.24, 2.45) is 5.92 Å². The lowest BCUT2D eigenvalue weighted by atomic mass is 10.2. The molecule has 0 amide bonds. The van der Waals surface area contributed by atoms with Crippen molar-refractivity contribution in [2.75, 3.05) is 12.5 Å². The maximum atomic E-state index is 5.79. The SMILES string of the molecule is CC(CCl)COc1cccc(Cl)c1. The molecule has 1 rings (SSSR count). The zero-order valence-electron chi connectivity index (χ0n) is 7.47. The van der Waals surface area contributed by atoms with Gasteiger partial charge in [0.25, 0.3) is 0 Å². The Morgan fingerprint density at radius 1 is 1.46 bits per heavy atom. The molecular formula is C10H12Cl2O. The monoisotopic (exact) mass is 218 g/mol. The van der Waals surface area contributed by atoms with Crippen molar-refractivity contribution in [3.8, 4) is 5.75 Å². The van der Waals surface area contributed by atoms with E-state index in [1.54, 1.807) is 6.07 Å². The van der Waals surface area contributed by atoms with Crippen molar-refractivity contribution >= 4 is 23.2 Å². The molecule has 72 valence electrons. The molecule has 0 aliphatic heterocycles. The third-order valence-electron chi connectivity index (χ3n) is 1.59. The normalized spacial score (nSPS) is 12.5. The number of alkyl halides is 1. The topological polar surface area (TPSA) is 9.23 Å². The summed E-state index contributed by atoms with van der Waals surface area (Å²) in [7, 11) is 0. The largest absolute Gasteiger partial charge is 0.493 e. The van der Waals surface area contributed by atoms with Gasteiger partial charge in [-0.25, -0.2) is 0 Å². The Bertz CT molecular complexity index is 263. The maximum Gasteiger partial charge on any atom is 0.120 e. The summed E-state index contributed by atoms with van der Waals surface area (Å²) in [4.78, 5) is 0. The van der Waals surface area contributed by atoms with Crippen LogP contribution in [0.15, 0.2) is 24.3 Å². The lowest BCUT2D eigenvalue weighted by Gasteiger charge is -2.09. The van der Waals surface area contributed by atoms with Crippen LogP contribution in [0.4, 0.5) is 0 Å².